The van der Waals surface area contributed by atoms with Crippen molar-refractivity contribution in [2.75, 3.05) is 24.5 Å². The minimum atomic E-state index is -0.134. The van der Waals surface area contributed by atoms with Gasteiger partial charge >= 0.3 is 0 Å². The lowest BCUT2D eigenvalue weighted by molar-refractivity contribution is -0.120. The Bertz CT molecular complexity index is 897. The number of anilines is 1. The third-order valence-corrected chi connectivity index (χ3v) is 5.72. The number of carbonyl (C=O) groups is 2. The van der Waals surface area contributed by atoms with Gasteiger partial charge in [-0.1, -0.05) is 24.3 Å². The molecule has 132 valence electrons. The second kappa shape index (κ2) is 5.83. The molecule has 0 radical (unpaired) electrons. The van der Waals surface area contributed by atoms with E-state index in [1.54, 1.807) is 12.3 Å². The molecule has 26 heavy (non-hydrogen) atoms. The predicted molar refractivity (Wildman–Crippen MR) is 97.1 cm³/mol. The summed E-state index contributed by atoms with van der Waals surface area (Å²) >= 11 is 0. The molecule has 0 unspecified atom stereocenters. The molecule has 2 heterocycles. The van der Waals surface area contributed by atoms with Crippen molar-refractivity contribution in [3.8, 4) is 0 Å². The number of pyridine rings is 1. The van der Waals surface area contributed by atoms with E-state index in [0.29, 0.717) is 30.6 Å². The van der Waals surface area contributed by atoms with Crippen LogP contribution in [0.15, 0.2) is 42.6 Å². The SMILES string of the molecule is O=C1CN(c2ccnc(C(=O)N[C@@H]3[C@H]4Cc5ccccc5[C@@H]43)c2)CCN1. The standard InChI is InChI=1S/C20H20N4O2/c25-17-11-24(8-7-22-17)13-5-6-21-16(10-13)20(26)23-19-15-9-12-3-1-2-4-14(12)18(15)19/h1-6,10,15,18-19H,7-9,11H2,(H,22,25)(H,23,26)/t15-,18-,19+/m0/s1. The highest BCUT2D eigenvalue weighted by Crippen LogP contribution is 2.56. The Morgan fingerprint density at radius 2 is 2.15 bits per heavy atom. The average molecular weight is 348 g/mol. The molecule has 2 aliphatic carbocycles. The lowest BCUT2D eigenvalue weighted by atomic mass is 10.1. The van der Waals surface area contributed by atoms with Crippen LogP contribution in [0.1, 0.15) is 27.5 Å². The molecule has 2 N–H and O–H groups in total. The minimum absolute atomic E-state index is 0.00327. The molecule has 1 aliphatic heterocycles. The van der Waals surface area contributed by atoms with Crippen molar-refractivity contribution in [3.05, 3.63) is 59.4 Å². The summed E-state index contributed by atoms with van der Waals surface area (Å²) in [5.41, 5.74) is 4.06. The Hall–Kier alpha value is -2.89. The Morgan fingerprint density at radius 1 is 1.27 bits per heavy atom. The van der Waals surface area contributed by atoms with Gasteiger partial charge in [-0.05, 0) is 35.6 Å². The molecule has 2 aromatic rings. The molecule has 0 bridgehead atoms. The average Bonchev–Trinajstić information content (AvgIpc) is 3.18. The second-order valence-corrected chi connectivity index (χ2v) is 7.26. The first-order chi connectivity index (χ1) is 12.7. The summed E-state index contributed by atoms with van der Waals surface area (Å²) in [6.07, 6.45) is 2.68. The number of carbonyl (C=O) groups excluding carboxylic acids is 2. The highest BCUT2D eigenvalue weighted by atomic mass is 16.2. The molecule has 1 aromatic carbocycles. The number of nitrogens with zero attached hydrogens (tertiary/aromatic N) is 2. The number of nitrogens with one attached hydrogen (secondary N) is 2. The van der Waals surface area contributed by atoms with Crippen LogP contribution in [0.5, 0.6) is 0 Å². The molecule has 2 fully saturated rings. The minimum Gasteiger partial charge on any atom is -0.360 e. The number of hydrogen-bond acceptors (Lipinski definition) is 4. The van der Waals surface area contributed by atoms with Crippen molar-refractivity contribution in [2.24, 2.45) is 5.92 Å². The van der Waals surface area contributed by atoms with Gasteiger partial charge < -0.3 is 15.5 Å². The van der Waals surface area contributed by atoms with Crippen LogP contribution in [0.25, 0.3) is 0 Å². The van der Waals surface area contributed by atoms with Gasteiger partial charge in [0.05, 0.1) is 6.54 Å². The number of aromatic nitrogens is 1. The van der Waals surface area contributed by atoms with E-state index < -0.39 is 0 Å². The molecule has 3 aliphatic rings. The van der Waals surface area contributed by atoms with Crippen molar-refractivity contribution in [3.63, 3.8) is 0 Å². The Labute approximate surface area is 151 Å². The van der Waals surface area contributed by atoms with Gasteiger partial charge in [0.25, 0.3) is 5.91 Å². The maximum absolute atomic E-state index is 12.7. The largest absolute Gasteiger partial charge is 0.360 e. The molecule has 1 saturated heterocycles. The predicted octanol–water partition coefficient (Wildman–Crippen LogP) is 1.09. The van der Waals surface area contributed by atoms with Crippen LogP contribution < -0.4 is 15.5 Å². The zero-order valence-electron chi connectivity index (χ0n) is 14.3. The van der Waals surface area contributed by atoms with E-state index in [1.165, 1.54) is 11.1 Å². The number of rotatable bonds is 3. The molecule has 1 aromatic heterocycles. The number of piperazine rings is 1. The summed E-state index contributed by atoms with van der Waals surface area (Å²) in [7, 11) is 0. The third-order valence-electron chi connectivity index (χ3n) is 5.72. The van der Waals surface area contributed by atoms with Gasteiger partial charge in [0.2, 0.25) is 5.91 Å². The van der Waals surface area contributed by atoms with E-state index >= 15 is 0 Å². The van der Waals surface area contributed by atoms with E-state index in [2.05, 4.69) is 39.9 Å². The van der Waals surface area contributed by atoms with Gasteiger partial charge in [0.1, 0.15) is 5.69 Å². The third kappa shape index (κ3) is 2.53. The van der Waals surface area contributed by atoms with E-state index in [9.17, 15) is 9.59 Å². The van der Waals surface area contributed by atoms with Gasteiger partial charge in [0, 0.05) is 36.9 Å². The van der Waals surface area contributed by atoms with Gasteiger partial charge in [-0.15, -0.1) is 0 Å². The Balaban J connectivity index is 1.29. The molecular weight excluding hydrogens is 328 g/mol. The molecule has 0 spiro atoms. The summed E-state index contributed by atoms with van der Waals surface area (Å²) in [6, 6.07) is 12.3. The van der Waals surface area contributed by atoms with E-state index in [1.807, 2.05) is 11.0 Å². The summed E-state index contributed by atoms with van der Waals surface area (Å²) in [5.74, 6) is 0.836. The maximum Gasteiger partial charge on any atom is 0.270 e. The quantitative estimate of drug-likeness (QED) is 0.871. The van der Waals surface area contributed by atoms with Crippen LogP contribution >= 0.6 is 0 Å². The van der Waals surface area contributed by atoms with Crippen LogP contribution in [0.4, 0.5) is 5.69 Å². The summed E-state index contributed by atoms with van der Waals surface area (Å²) < 4.78 is 0. The van der Waals surface area contributed by atoms with Crippen LogP contribution in [0, 0.1) is 5.92 Å². The van der Waals surface area contributed by atoms with Crippen molar-refractivity contribution in [2.45, 2.75) is 18.4 Å². The lowest BCUT2D eigenvalue weighted by Gasteiger charge is -2.28. The topological polar surface area (TPSA) is 74.3 Å². The molecule has 5 rings (SSSR count). The number of hydrogen-bond donors (Lipinski definition) is 2. The van der Waals surface area contributed by atoms with Gasteiger partial charge in [-0.25, -0.2) is 0 Å². The van der Waals surface area contributed by atoms with Crippen molar-refractivity contribution < 1.29 is 9.59 Å². The van der Waals surface area contributed by atoms with Gasteiger partial charge in [-0.2, -0.15) is 0 Å². The van der Waals surface area contributed by atoms with E-state index in [-0.39, 0.29) is 17.9 Å². The fraction of sp³-hybridized carbons (Fsp3) is 0.350. The molecule has 3 atom stereocenters. The molecule has 6 heteroatoms. The van der Waals surface area contributed by atoms with Gasteiger partial charge in [0.15, 0.2) is 0 Å². The summed E-state index contributed by atoms with van der Waals surface area (Å²) in [5, 5.41) is 5.96. The lowest BCUT2D eigenvalue weighted by Crippen LogP contribution is -2.47. The highest BCUT2D eigenvalue weighted by molar-refractivity contribution is 5.94. The fourth-order valence-corrected chi connectivity index (χ4v) is 4.37. The van der Waals surface area contributed by atoms with Crippen LogP contribution in [-0.4, -0.2) is 42.5 Å². The first-order valence-corrected chi connectivity index (χ1v) is 9.07. The Kier molecular flexibility index (Phi) is 3.45. The van der Waals surface area contributed by atoms with Crippen molar-refractivity contribution >= 4 is 17.5 Å². The summed E-state index contributed by atoms with van der Waals surface area (Å²) in [6.45, 7) is 1.67. The molecule has 2 amide bonds. The zero-order chi connectivity index (χ0) is 17.7. The number of benzene rings is 1. The Morgan fingerprint density at radius 3 is 3.04 bits per heavy atom. The van der Waals surface area contributed by atoms with Gasteiger partial charge in [-0.3, -0.25) is 14.6 Å². The van der Waals surface area contributed by atoms with Crippen LogP contribution in [0.2, 0.25) is 0 Å². The zero-order valence-corrected chi connectivity index (χ0v) is 14.3. The van der Waals surface area contributed by atoms with Crippen molar-refractivity contribution in [1.29, 1.82) is 0 Å². The number of fused-ring (bicyclic) bond motifs is 3. The second-order valence-electron chi connectivity index (χ2n) is 7.26. The molecular formula is C20H20N4O2. The van der Waals surface area contributed by atoms with Crippen LogP contribution in [-0.2, 0) is 11.2 Å². The molecule has 1 saturated carbocycles. The molecule has 6 nitrogen and oxygen atoms in total. The van der Waals surface area contributed by atoms with Crippen LogP contribution in [0.3, 0.4) is 0 Å². The first-order valence-electron chi connectivity index (χ1n) is 9.07. The van der Waals surface area contributed by atoms with E-state index in [4.69, 9.17) is 0 Å². The fourth-order valence-electron chi connectivity index (χ4n) is 4.37. The monoisotopic (exact) mass is 348 g/mol. The smallest absolute Gasteiger partial charge is 0.270 e. The van der Waals surface area contributed by atoms with E-state index in [0.717, 1.165) is 18.7 Å². The van der Waals surface area contributed by atoms with Crippen molar-refractivity contribution in [1.82, 2.24) is 15.6 Å². The first kappa shape index (κ1) is 15.4. The number of amides is 2. The highest BCUT2D eigenvalue weighted by Gasteiger charge is 2.56. The maximum atomic E-state index is 12.7. The summed E-state index contributed by atoms with van der Waals surface area (Å²) in [4.78, 5) is 30.5. The normalized spacial score (nSPS) is 25.9.